The second kappa shape index (κ2) is 11.1. The number of para-hydroxylation sites is 1. The molecular weight excluding hydrogens is 501 g/mol. The van der Waals surface area contributed by atoms with Crippen molar-refractivity contribution in [2.45, 2.75) is 12.5 Å². The van der Waals surface area contributed by atoms with E-state index in [4.69, 9.17) is 23.2 Å². The second-order valence-corrected chi connectivity index (χ2v) is 8.76. The minimum absolute atomic E-state index is 0.0651. The summed E-state index contributed by atoms with van der Waals surface area (Å²) in [5.41, 5.74) is 3.38. The van der Waals surface area contributed by atoms with Crippen molar-refractivity contribution < 1.29 is 19.8 Å². The van der Waals surface area contributed by atoms with Gasteiger partial charge in [0, 0.05) is 29.8 Å². The molecule has 3 N–H and O–H groups in total. The molecule has 9 heteroatoms. The number of aliphatic carboxylic acids is 1. The molecule has 0 fully saturated rings. The minimum Gasteiger partial charge on any atom is -0.508 e. The summed E-state index contributed by atoms with van der Waals surface area (Å²) in [5, 5.41) is 26.9. The van der Waals surface area contributed by atoms with Crippen LogP contribution in [0.25, 0.3) is 23.0 Å². The molecule has 0 saturated heterocycles. The molecule has 36 heavy (non-hydrogen) atoms. The van der Waals surface area contributed by atoms with Gasteiger partial charge in [0.15, 0.2) is 0 Å². The summed E-state index contributed by atoms with van der Waals surface area (Å²) in [7, 11) is 0. The third-order valence-corrected chi connectivity index (χ3v) is 6.10. The number of carbonyl (C=O) groups is 2. The summed E-state index contributed by atoms with van der Waals surface area (Å²) in [6, 6.07) is 19.6. The molecule has 0 unspecified atom stereocenters. The quantitative estimate of drug-likeness (QED) is 0.270. The third-order valence-electron chi connectivity index (χ3n) is 5.36. The van der Waals surface area contributed by atoms with Crippen LogP contribution in [0.1, 0.15) is 11.1 Å². The number of benzene rings is 3. The van der Waals surface area contributed by atoms with E-state index < -0.39 is 17.9 Å². The molecule has 1 amide bonds. The van der Waals surface area contributed by atoms with E-state index in [1.165, 1.54) is 18.2 Å². The van der Waals surface area contributed by atoms with Crippen LogP contribution in [0.15, 0.2) is 85.1 Å². The lowest BCUT2D eigenvalue weighted by Gasteiger charge is -2.13. The number of rotatable bonds is 8. The zero-order valence-electron chi connectivity index (χ0n) is 18.8. The van der Waals surface area contributed by atoms with E-state index in [2.05, 4.69) is 10.4 Å². The summed E-state index contributed by atoms with van der Waals surface area (Å²) in [5.74, 6) is -1.67. The van der Waals surface area contributed by atoms with Crippen molar-refractivity contribution >= 4 is 41.2 Å². The number of aromatic nitrogens is 2. The fraction of sp³-hybridized carbons (Fsp3) is 0.0741. The largest absolute Gasteiger partial charge is 0.508 e. The van der Waals surface area contributed by atoms with Gasteiger partial charge >= 0.3 is 5.97 Å². The lowest BCUT2D eigenvalue weighted by molar-refractivity contribution is -0.141. The maximum Gasteiger partial charge on any atom is 0.326 e. The first kappa shape index (κ1) is 25.0. The first-order valence-electron chi connectivity index (χ1n) is 10.9. The third kappa shape index (κ3) is 6.13. The number of hydrogen-bond donors (Lipinski definition) is 3. The van der Waals surface area contributed by atoms with Crippen molar-refractivity contribution in [2.75, 3.05) is 0 Å². The fourth-order valence-corrected chi connectivity index (χ4v) is 3.84. The molecule has 0 aliphatic carbocycles. The van der Waals surface area contributed by atoms with Crippen molar-refractivity contribution in [2.24, 2.45) is 0 Å². The number of hydrogen-bond acceptors (Lipinski definition) is 4. The van der Waals surface area contributed by atoms with Crippen molar-refractivity contribution in [1.82, 2.24) is 15.1 Å². The molecule has 1 aromatic heterocycles. The zero-order valence-corrected chi connectivity index (χ0v) is 20.3. The van der Waals surface area contributed by atoms with E-state index in [9.17, 15) is 19.8 Å². The Kier molecular flexibility index (Phi) is 7.73. The summed E-state index contributed by atoms with van der Waals surface area (Å²) in [6.07, 6.45) is 4.66. The number of carboxylic acid groups (broad SMARTS) is 1. The molecule has 1 atom stereocenters. The Hall–Kier alpha value is -4.07. The Bertz CT molecular complexity index is 1420. The number of carbonyl (C=O) groups excluding carboxylic acids is 1. The van der Waals surface area contributed by atoms with Gasteiger partial charge in [-0.05, 0) is 48.0 Å². The van der Waals surface area contributed by atoms with Crippen LogP contribution in [0.2, 0.25) is 10.0 Å². The first-order valence-corrected chi connectivity index (χ1v) is 11.7. The average Bonchev–Trinajstić information content (AvgIpc) is 3.30. The van der Waals surface area contributed by atoms with E-state index in [0.29, 0.717) is 32.4 Å². The van der Waals surface area contributed by atoms with Crippen LogP contribution in [-0.2, 0) is 16.0 Å². The summed E-state index contributed by atoms with van der Waals surface area (Å²) >= 11 is 12.3. The second-order valence-electron chi connectivity index (χ2n) is 7.95. The van der Waals surface area contributed by atoms with Gasteiger partial charge in [0.2, 0.25) is 5.91 Å². The molecule has 4 aromatic rings. The standard InChI is InChI=1S/C27H21Cl2N3O4/c28-22-12-8-18(15-23(22)29)26-19(16-32(31-26)20-4-2-1-3-5-20)9-13-25(34)30-24(27(35)36)14-17-6-10-21(33)11-7-17/h1-13,15-16,24,33H,14H2,(H,30,34)(H,35,36)/t24-/m0/s1. The summed E-state index contributed by atoms with van der Waals surface area (Å²) in [4.78, 5) is 24.3. The van der Waals surface area contributed by atoms with Crippen molar-refractivity contribution in [3.8, 4) is 22.7 Å². The highest BCUT2D eigenvalue weighted by Gasteiger charge is 2.20. The predicted octanol–water partition coefficient (Wildman–Crippen LogP) is 5.38. The summed E-state index contributed by atoms with van der Waals surface area (Å²) < 4.78 is 1.68. The van der Waals surface area contributed by atoms with Crippen LogP contribution in [0.5, 0.6) is 5.75 Å². The molecule has 0 aliphatic heterocycles. The van der Waals surface area contributed by atoms with Gasteiger partial charge in [-0.3, -0.25) is 4.79 Å². The number of carboxylic acids is 1. The van der Waals surface area contributed by atoms with Crippen molar-refractivity contribution in [3.63, 3.8) is 0 Å². The Morgan fingerprint density at radius 3 is 2.39 bits per heavy atom. The highest BCUT2D eigenvalue weighted by molar-refractivity contribution is 6.42. The highest BCUT2D eigenvalue weighted by Crippen LogP contribution is 2.30. The molecule has 0 saturated carbocycles. The van der Waals surface area contributed by atoms with E-state index in [1.54, 1.807) is 47.3 Å². The maximum atomic E-state index is 12.6. The SMILES string of the molecule is O=C(C=Cc1cn(-c2ccccc2)nc1-c1ccc(Cl)c(Cl)c1)N[C@@H](Cc1ccc(O)cc1)C(=O)O. The van der Waals surface area contributed by atoms with Gasteiger partial charge in [0.1, 0.15) is 17.5 Å². The van der Waals surface area contributed by atoms with Gasteiger partial charge in [-0.1, -0.05) is 59.6 Å². The van der Waals surface area contributed by atoms with Crippen LogP contribution >= 0.6 is 23.2 Å². The van der Waals surface area contributed by atoms with Crippen LogP contribution in [0.3, 0.4) is 0 Å². The summed E-state index contributed by atoms with van der Waals surface area (Å²) in [6.45, 7) is 0. The van der Waals surface area contributed by atoms with Gasteiger partial charge in [-0.25, -0.2) is 9.48 Å². The first-order chi connectivity index (χ1) is 17.3. The lowest BCUT2D eigenvalue weighted by Crippen LogP contribution is -2.41. The number of nitrogens with zero attached hydrogens (tertiary/aromatic N) is 2. The van der Waals surface area contributed by atoms with Gasteiger partial charge in [0.25, 0.3) is 0 Å². The molecule has 0 aliphatic rings. The van der Waals surface area contributed by atoms with E-state index in [1.807, 2.05) is 30.3 Å². The monoisotopic (exact) mass is 521 g/mol. The molecule has 182 valence electrons. The van der Waals surface area contributed by atoms with Crippen LogP contribution in [0.4, 0.5) is 0 Å². The number of phenolic OH excluding ortho intramolecular Hbond substituents is 1. The van der Waals surface area contributed by atoms with Crippen molar-refractivity contribution in [1.29, 1.82) is 0 Å². The number of aromatic hydroxyl groups is 1. The topological polar surface area (TPSA) is 104 Å². The molecule has 7 nitrogen and oxygen atoms in total. The molecule has 1 heterocycles. The van der Waals surface area contributed by atoms with Gasteiger partial charge in [-0.15, -0.1) is 0 Å². The Morgan fingerprint density at radius 1 is 1.00 bits per heavy atom. The molecule has 0 bridgehead atoms. The Morgan fingerprint density at radius 2 is 1.72 bits per heavy atom. The molecule has 0 radical (unpaired) electrons. The highest BCUT2D eigenvalue weighted by atomic mass is 35.5. The zero-order chi connectivity index (χ0) is 25.7. The van der Waals surface area contributed by atoms with Crippen LogP contribution < -0.4 is 5.32 Å². The molecule has 3 aromatic carbocycles. The number of phenols is 1. The van der Waals surface area contributed by atoms with Gasteiger partial charge in [-0.2, -0.15) is 5.10 Å². The van der Waals surface area contributed by atoms with Crippen LogP contribution in [0, 0.1) is 0 Å². The minimum atomic E-state index is -1.17. The lowest BCUT2D eigenvalue weighted by atomic mass is 10.1. The fourth-order valence-electron chi connectivity index (χ4n) is 3.54. The molecular formula is C27H21Cl2N3O4. The van der Waals surface area contributed by atoms with E-state index in [0.717, 1.165) is 5.69 Å². The number of halogens is 2. The number of amides is 1. The van der Waals surface area contributed by atoms with Crippen molar-refractivity contribution in [3.05, 3.63) is 106 Å². The predicted molar refractivity (Wildman–Crippen MR) is 139 cm³/mol. The van der Waals surface area contributed by atoms with Crippen LogP contribution in [-0.4, -0.2) is 37.9 Å². The molecule has 4 rings (SSSR count). The number of nitrogens with one attached hydrogen (secondary N) is 1. The van der Waals surface area contributed by atoms with E-state index in [-0.39, 0.29) is 12.2 Å². The van der Waals surface area contributed by atoms with E-state index >= 15 is 0 Å². The molecule has 0 spiro atoms. The Labute approximate surface area is 217 Å². The normalized spacial score (nSPS) is 11.9. The maximum absolute atomic E-state index is 12.6. The van der Waals surface area contributed by atoms with Gasteiger partial charge < -0.3 is 15.5 Å². The smallest absolute Gasteiger partial charge is 0.326 e. The van der Waals surface area contributed by atoms with Gasteiger partial charge in [0.05, 0.1) is 15.7 Å². The Balaban J connectivity index is 1.59. The average molecular weight is 522 g/mol.